The number of nitrogens with one attached hydrogen (secondary N) is 2. The van der Waals surface area contributed by atoms with Crippen molar-refractivity contribution in [3.05, 3.63) is 83.9 Å². The van der Waals surface area contributed by atoms with E-state index in [1.165, 1.54) is 0 Å². The number of alkyl carbamates (subject to hydrolysis) is 1. The minimum Gasteiger partial charge on any atom is -0.480 e. The van der Waals surface area contributed by atoms with Gasteiger partial charge < -0.3 is 25.6 Å². The Bertz CT molecular complexity index is 1090. The van der Waals surface area contributed by atoms with Crippen LogP contribution in [0.25, 0.3) is 10.8 Å². The van der Waals surface area contributed by atoms with E-state index in [2.05, 4.69) is 10.6 Å². The summed E-state index contributed by atoms with van der Waals surface area (Å²) in [6.45, 7) is -0.721. The highest BCUT2D eigenvalue weighted by Gasteiger charge is 2.26. The van der Waals surface area contributed by atoms with Crippen LogP contribution in [-0.2, 0) is 27.4 Å². The summed E-state index contributed by atoms with van der Waals surface area (Å²) in [6.07, 6.45) is -0.854. The molecule has 166 valence electrons. The average molecular weight is 436 g/mol. The number of hydrogen-bond donors (Lipinski definition) is 4. The van der Waals surface area contributed by atoms with Crippen molar-refractivity contribution in [1.29, 1.82) is 0 Å². The van der Waals surface area contributed by atoms with E-state index < -0.39 is 36.7 Å². The van der Waals surface area contributed by atoms with Crippen LogP contribution in [0.3, 0.4) is 0 Å². The van der Waals surface area contributed by atoms with Gasteiger partial charge in [0, 0.05) is 6.42 Å². The molecule has 0 aromatic heterocycles. The predicted molar refractivity (Wildman–Crippen MR) is 118 cm³/mol. The summed E-state index contributed by atoms with van der Waals surface area (Å²) in [6, 6.07) is 19.6. The molecule has 0 spiro atoms. The summed E-state index contributed by atoms with van der Waals surface area (Å²) in [5, 5.41) is 25.7. The standard InChI is InChI=1S/C24H24N2O6/c27-14-21(26-24(31)32-15-16-6-2-1-3-7-16)22(28)25-20(23(29)30)13-17-10-11-18-8-4-5-9-19(18)12-17/h1-12,20-21,27H,13-15H2,(H,25,28)(H,26,31)(H,29,30)/t20-,21+/m1/s1. The van der Waals surface area contributed by atoms with Crippen LogP contribution in [0.2, 0.25) is 0 Å². The number of rotatable bonds is 9. The highest BCUT2D eigenvalue weighted by molar-refractivity contribution is 5.89. The van der Waals surface area contributed by atoms with E-state index in [4.69, 9.17) is 4.74 Å². The van der Waals surface area contributed by atoms with Crippen LogP contribution >= 0.6 is 0 Å². The van der Waals surface area contributed by atoms with Gasteiger partial charge in [-0.3, -0.25) is 4.79 Å². The minimum atomic E-state index is -1.35. The molecule has 2 atom stereocenters. The fraction of sp³-hybridized carbons (Fsp3) is 0.208. The molecule has 3 aromatic rings. The van der Waals surface area contributed by atoms with Crippen molar-refractivity contribution in [1.82, 2.24) is 10.6 Å². The molecule has 0 aliphatic heterocycles. The molecule has 0 saturated carbocycles. The van der Waals surface area contributed by atoms with Gasteiger partial charge in [0.1, 0.15) is 18.7 Å². The van der Waals surface area contributed by atoms with E-state index in [0.717, 1.165) is 21.9 Å². The van der Waals surface area contributed by atoms with E-state index in [9.17, 15) is 24.6 Å². The summed E-state index contributed by atoms with van der Waals surface area (Å²) in [7, 11) is 0. The van der Waals surface area contributed by atoms with E-state index >= 15 is 0 Å². The molecule has 0 bridgehead atoms. The molecule has 0 radical (unpaired) electrons. The zero-order valence-electron chi connectivity index (χ0n) is 17.2. The van der Waals surface area contributed by atoms with Crippen molar-refractivity contribution >= 4 is 28.7 Å². The smallest absolute Gasteiger partial charge is 0.408 e. The number of aliphatic hydroxyl groups excluding tert-OH is 1. The van der Waals surface area contributed by atoms with E-state index in [1.807, 2.05) is 42.5 Å². The lowest BCUT2D eigenvalue weighted by Gasteiger charge is -2.20. The normalized spacial score (nSPS) is 12.5. The molecular formula is C24H24N2O6. The van der Waals surface area contributed by atoms with E-state index in [1.54, 1.807) is 30.3 Å². The maximum atomic E-state index is 12.5. The highest BCUT2D eigenvalue weighted by Crippen LogP contribution is 2.17. The number of fused-ring (bicyclic) bond motifs is 1. The molecule has 8 heteroatoms. The fourth-order valence-electron chi connectivity index (χ4n) is 3.17. The largest absolute Gasteiger partial charge is 0.480 e. The first-order valence-electron chi connectivity index (χ1n) is 10.0. The Morgan fingerprint density at radius 1 is 0.812 bits per heavy atom. The Morgan fingerprint density at radius 3 is 2.19 bits per heavy atom. The van der Waals surface area contributed by atoms with Crippen molar-refractivity contribution in [3.8, 4) is 0 Å². The van der Waals surface area contributed by atoms with Crippen molar-refractivity contribution in [3.63, 3.8) is 0 Å². The molecule has 0 aliphatic carbocycles. The topological polar surface area (TPSA) is 125 Å². The first-order chi connectivity index (χ1) is 15.5. The van der Waals surface area contributed by atoms with Crippen LogP contribution in [0.5, 0.6) is 0 Å². The lowest BCUT2D eigenvalue weighted by molar-refractivity contribution is -0.142. The second-order valence-electron chi connectivity index (χ2n) is 7.23. The van der Waals surface area contributed by atoms with E-state index in [-0.39, 0.29) is 13.0 Å². The van der Waals surface area contributed by atoms with Gasteiger partial charge in [-0.05, 0) is 21.9 Å². The zero-order chi connectivity index (χ0) is 22.9. The highest BCUT2D eigenvalue weighted by atomic mass is 16.5. The second kappa shape index (κ2) is 10.9. The molecule has 32 heavy (non-hydrogen) atoms. The van der Waals surface area contributed by atoms with Crippen LogP contribution in [0.4, 0.5) is 4.79 Å². The number of carbonyl (C=O) groups is 3. The Labute approximate surface area is 184 Å². The molecule has 0 fully saturated rings. The molecule has 2 amide bonds. The number of aliphatic hydroxyl groups is 1. The van der Waals surface area contributed by atoms with Gasteiger partial charge in [0.25, 0.3) is 0 Å². The number of carboxylic acids is 1. The van der Waals surface area contributed by atoms with Crippen molar-refractivity contribution in [2.45, 2.75) is 25.1 Å². The summed E-state index contributed by atoms with van der Waals surface area (Å²) >= 11 is 0. The molecule has 3 rings (SSSR count). The number of amides is 2. The molecule has 3 aromatic carbocycles. The quantitative estimate of drug-likeness (QED) is 0.408. The van der Waals surface area contributed by atoms with Crippen LogP contribution in [-0.4, -0.2) is 46.9 Å². The predicted octanol–water partition coefficient (Wildman–Crippen LogP) is 2.24. The van der Waals surface area contributed by atoms with Crippen molar-refractivity contribution < 1.29 is 29.3 Å². The molecule has 0 aliphatic rings. The zero-order valence-corrected chi connectivity index (χ0v) is 17.2. The third-order valence-electron chi connectivity index (χ3n) is 4.87. The third-order valence-corrected chi connectivity index (χ3v) is 4.87. The lowest BCUT2D eigenvalue weighted by Crippen LogP contribution is -2.53. The maximum absolute atomic E-state index is 12.5. The molecule has 0 heterocycles. The van der Waals surface area contributed by atoms with Gasteiger partial charge in [0.2, 0.25) is 5.91 Å². The molecule has 0 saturated heterocycles. The number of hydrogen-bond acceptors (Lipinski definition) is 5. The van der Waals surface area contributed by atoms with Gasteiger partial charge in [0.05, 0.1) is 6.61 Å². The Balaban J connectivity index is 1.59. The number of carboxylic acid groups (broad SMARTS) is 1. The van der Waals surface area contributed by atoms with Crippen molar-refractivity contribution in [2.24, 2.45) is 0 Å². The summed E-state index contributed by atoms with van der Waals surface area (Å²) < 4.78 is 5.04. The minimum absolute atomic E-state index is 0.00778. The Hall–Kier alpha value is -3.91. The first-order valence-corrected chi connectivity index (χ1v) is 10.0. The lowest BCUT2D eigenvalue weighted by atomic mass is 10.0. The Morgan fingerprint density at radius 2 is 1.50 bits per heavy atom. The van der Waals surface area contributed by atoms with Crippen LogP contribution in [0, 0.1) is 0 Å². The number of aliphatic carboxylic acids is 1. The molecule has 0 unspecified atom stereocenters. The SMILES string of the molecule is O=C(N[C@@H](CO)C(=O)N[C@H](Cc1ccc2ccccc2c1)C(=O)O)OCc1ccccc1. The van der Waals surface area contributed by atoms with Crippen LogP contribution < -0.4 is 10.6 Å². The van der Waals surface area contributed by atoms with Gasteiger partial charge in [0.15, 0.2) is 0 Å². The molecule has 8 nitrogen and oxygen atoms in total. The van der Waals surface area contributed by atoms with Gasteiger partial charge in [-0.15, -0.1) is 0 Å². The first kappa shape index (κ1) is 22.8. The van der Waals surface area contributed by atoms with Gasteiger partial charge in [-0.1, -0.05) is 72.8 Å². The van der Waals surface area contributed by atoms with Crippen molar-refractivity contribution in [2.75, 3.05) is 6.61 Å². The molecule has 4 N–H and O–H groups in total. The number of benzene rings is 3. The second-order valence-corrected chi connectivity index (χ2v) is 7.23. The average Bonchev–Trinajstić information content (AvgIpc) is 2.81. The van der Waals surface area contributed by atoms with E-state index in [0.29, 0.717) is 0 Å². The third kappa shape index (κ3) is 6.29. The number of carbonyl (C=O) groups excluding carboxylic acids is 2. The van der Waals surface area contributed by atoms with Gasteiger partial charge in [-0.25, -0.2) is 9.59 Å². The van der Waals surface area contributed by atoms with Gasteiger partial charge >= 0.3 is 12.1 Å². The monoisotopic (exact) mass is 436 g/mol. The number of ether oxygens (including phenoxy) is 1. The van der Waals surface area contributed by atoms with Crippen LogP contribution in [0.15, 0.2) is 72.8 Å². The summed E-state index contributed by atoms with van der Waals surface area (Å²) in [5.74, 6) is -2.05. The van der Waals surface area contributed by atoms with Gasteiger partial charge in [-0.2, -0.15) is 0 Å². The maximum Gasteiger partial charge on any atom is 0.408 e. The Kier molecular flexibility index (Phi) is 7.77. The summed E-state index contributed by atoms with van der Waals surface area (Å²) in [5.41, 5.74) is 1.49. The summed E-state index contributed by atoms with van der Waals surface area (Å²) in [4.78, 5) is 36.2. The molecular weight excluding hydrogens is 412 g/mol. The van der Waals surface area contributed by atoms with Crippen LogP contribution in [0.1, 0.15) is 11.1 Å². The fourth-order valence-corrected chi connectivity index (χ4v) is 3.17.